The van der Waals surface area contributed by atoms with Crippen LogP contribution in [0.25, 0.3) is 21.9 Å². The first-order valence-electron chi connectivity index (χ1n) is 10.3. The molecule has 0 spiro atoms. The number of aromatic nitrogens is 2. The number of carbonyl (C=O) groups excluding carboxylic acids is 1. The molecule has 2 aromatic carbocycles. The van der Waals surface area contributed by atoms with E-state index in [0.717, 1.165) is 35.2 Å². The van der Waals surface area contributed by atoms with Crippen LogP contribution in [0.2, 0.25) is 0 Å². The maximum absolute atomic E-state index is 14.5. The molecule has 2 heterocycles. The maximum Gasteiger partial charge on any atom is 0.434 e. The summed E-state index contributed by atoms with van der Waals surface area (Å²) in [6.45, 7) is 7.18. The van der Waals surface area contributed by atoms with Crippen LogP contribution < -0.4 is 10.5 Å². The first-order chi connectivity index (χ1) is 16.5. The van der Waals surface area contributed by atoms with Crippen LogP contribution in [-0.2, 0) is 6.18 Å². The molecule has 0 radical (unpaired) electrons. The molecule has 0 aliphatic carbocycles. The predicted octanol–water partition coefficient (Wildman–Crippen LogP) is 4.57. The number of carbonyl (C=O) groups is 1. The number of nitrogens with zero attached hydrogens (tertiary/aromatic N) is 4. The lowest BCUT2D eigenvalue weighted by Crippen LogP contribution is -2.33. The standard InChI is InChI=1S/C23H18F5N5O2/c1-30-17-5-3-12(9-15(17)24)21-31-19(22(34)32-8-7-13(29)11-32)20(23(26,27)28)33(21)14-4-6-18(35-2)16(25)10-14/h3-6,9-10,13H,7-8,11,29H2,2H3/t13-/m1/s1. The second kappa shape index (κ2) is 8.99. The number of halogens is 5. The number of ether oxygens (including phenoxy) is 1. The van der Waals surface area contributed by atoms with Gasteiger partial charge in [-0.15, -0.1) is 0 Å². The molecule has 1 saturated heterocycles. The number of likely N-dealkylation sites (tertiary alicyclic amines) is 1. The van der Waals surface area contributed by atoms with Crippen molar-refractivity contribution in [3.05, 3.63) is 70.8 Å². The zero-order chi connectivity index (χ0) is 25.5. The van der Waals surface area contributed by atoms with E-state index in [1.165, 1.54) is 13.2 Å². The molecule has 1 fully saturated rings. The number of imidazole rings is 1. The van der Waals surface area contributed by atoms with E-state index in [1.54, 1.807) is 0 Å². The smallest absolute Gasteiger partial charge is 0.434 e. The molecule has 1 aliphatic rings. The highest BCUT2D eigenvalue weighted by Crippen LogP contribution is 2.39. The van der Waals surface area contributed by atoms with Crippen molar-refractivity contribution in [3.63, 3.8) is 0 Å². The quantitative estimate of drug-likeness (QED) is 0.429. The number of hydrogen-bond acceptors (Lipinski definition) is 4. The van der Waals surface area contributed by atoms with Gasteiger partial charge in [-0.3, -0.25) is 9.36 Å². The van der Waals surface area contributed by atoms with Gasteiger partial charge in [-0.25, -0.2) is 18.6 Å². The average Bonchev–Trinajstić information content (AvgIpc) is 3.42. The molecule has 2 N–H and O–H groups in total. The van der Waals surface area contributed by atoms with Crippen LogP contribution in [0.1, 0.15) is 22.6 Å². The third-order valence-corrected chi connectivity index (χ3v) is 5.58. The van der Waals surface area contributed by atoms with E-state index >= 15 is 0 Å². The third kappa shape index (κ3) is 4.42. The van der Waals surface area contributed by atoms with Crippen LogP contribution in [0.3, 0.4) is 0 Å². The monoisotopic (exact) mass is 491 g/mol. The Balaban J connectivity index is 2.02. The summed E-state index contributed by atoms with van der Waals surface area (Å²) in [5, 5.41) is 0. The van der Waals surface area contributed by atoms with E-state index in [2.05, 4.69) is 9.83 Å². The molecule has 1 atom stereocenters. The molecule has 3 aromatic rings. The van der Waals surface area contributed by atoms with Crippen LogP contribution in [0, 0.1) is 18.2 Å². The molecule has 35 heavy (non-hydrogen) atoms. The minimum atomic E-state index is -5.09. The lowest BCUT2D eigenvalue weighted by molar-refractivity contribution is -0.142. The Kier molecular flexibility index (Phi) is 6.21. The van der Waals surface area contributed by atoms with Gasteiger partial charge < -0.3 is 15.4 Å². The minimum absolute atomic E-state index is 0.0455. The van der Waals surface area contributed by atoms with Crippen LogP contribution in [-0.4, -0.2) is 46.6 Å². The highest BCUT2D eigenvalue weighted by atomic mass is 19.4. The second-order valence-corrected chi connectivity index (χ2v) is 7.86. The maximum atomic E-state index is 14.5. The van der Waals surface area contributed by atoms with E-state index in [4.69, 9.17) is 17.0 Å². The van der Waals surface area contributed by atoms with Crippen LogP contribution in [0.15, 0.2) is 36.4 Å². The van der Waals surface area contributed by atoms with Crippen molar-refractivity contribution in [2.24, 2.45) is 5.73 Å². The van der Waals surface area contributed by atoms with Crippen molar-refractivity contribution >= 4 is 11.6 Å². The van der Waals surface area contributed by atoms with Gasteiger partial charge in [-0.1, -0.05) is 12.1 Å². The van der Waals surface area contributed by atoms with Gasteiger partial charge in [0.2, 0.25) is 5.69 Å². The average molecular weight is 491 g/mol. The number of methoxy groups -OCH3 is 1. The fraction of sp³-hybridized carbons (Fsp3) is 0.261. The zero-order valence-electron chi connectivity index (χ0n) is 18.2. The fourth-order valence-electron chi connectivity index (χ4n) is 3.93. The van der Waals surface area contributed by atoms with Crippen LogP contribution in [0.4, 0.5) is 27.6 Å². The van der Waals surface area contributed by atoms with Gasteiger partial charge in [0.05, 0.1) is 19.4 Å². The molecule has 0 saturated carbocycles. The lowest BCUT2D eigenvalue weighted by atomic mass is 10.1. The molecule has 0 bridgehead atoms. The largest absolute Gasteiger partial charge is 0.494 e. The summed E-state index contributed by atoms with van der Waals surface area (Å²) < 4.78 is 77.5. The molecule has 4 rings (SSSR count). The first-order valence-corrected chi connectivity index (χ1v) is 10.3. The van der Waals surface area contributed by atoms with Crippen LogP contribution in [0.5, 0.6) is 5.75 Å². The van der Waals surface area contributed by atoms with Gasteiger partial charge in [-0.2, -0.15) is 13.2 Å². The predicted molar refractivity (Wildman–Crippen MR) is 115 cm³/mol. The highest BCUT2D eigenvalue weighted by molar-refractivity contribution is 5.95. The van der Waals surface area contributed by atoms with E-state index in [1.807, 2.05) is 0 Å². The fourth-order valence-corrected chi connectivity index (χ4v) is 3.93. The van der Waals surface area contributed by atoms with E-state index in [-0.39, 0.29) is 41.8 Å². The molecular weight excluding hydrogens is 473 g/mol. The Labute approximate surface area is 196 Å². The normalized spacial score (nSPS) is 15.8. The topological polar surface area (TPSA) is 77.7 Å². The van der Waals surface area contributed by atoms with Gasteiger partial charge in [0.15, 0.2) is 23.0 Å². The lowest BCUT2D eigenvalue weighted by Gasteiger charge is -2.18. The molecule has 1 amide bonds. The van der Waals surface area contributed by atoms with Gasteiger partial charge >= 0.3 is 6.18 Å². The summed E-state index contributed by atoms with van der Waals surface area (Å²) >= 11 is 0. The molecule has 0 unspecified atom stereocenters. The van der Waals surface area contributed by atoms with E-state index in [9.17, 15) is 26.7 Å². The Morgan fingerprint density at radius 1 is 1.20 bits per heavy atom. The van der Waals surface area contributed by atoms with Crippen molar-refractivity contribution in [2.75, 3.05) is 20.2 Å². The zero-order valence-corrected chi connectivity index (χ0v) is 18.2. The third-order valence-electron chi connectivity index (χ3n) is 5.58. The summed E-state index contributed by atoms with van der Waals surface area (Å²) in [6, 6.07) is 5.81. The number of hydrogen-bond donors (Lipinski definition) is 1. The van der Waals surface area contributed by atoms with Gasteiger partial charge in [0.25, 0.3) is 5.91 Å². The number of benzene rings is 2. The summed E-state index contributed by atoms with van der Waals surface area (Å²) in [6.07, 6.45) is -4.68. The van der Waals surface area contributed by atoms with Gasteiger partial charge in [-0.05, 0) is 24.6 Å². The molecule has 182 valence electrons. The highest BCUT2D eigenvalue weighted by Gasteiger charge is 2.44. The Hall–Kier alpha value is -3.98. The van der Waals surface area contributed by atoms with Gasteiger partial charge in [0, 0.05) is 30.8 Å². The van der Waals surface area contributed by atoms with Crippen molar-refractivity contribution in [1.82, 2.24) is 14.5 Å². The number of rotatable bonds is 4. The molecule has 12 heteroatoms. The first kappa shape index (κ1) is 24.2. The number of alkyl halides is 3. The van der Waals surface area contributed by atoms with Gasteiger partial charge in [0.1, 0.15) is 11.6 Å². The van der Waals surface area contributed by atoms with Crippen LogP contribution >= 0.6 is 0 Å². The Bertz CT molecular complexity index is 1350. The summed E-state index contributed by atoms with van der Waals surface area (Å²) in [5.41, 5.74) is 2.63. The Morgan fingerprint density at radius 3 is 2.49 bits per heavy atom. The van der Waals surface area contributed by atoms with E-state index < -0.39 is 40.9 Å². The number of nitrogens with two attached hydrogens (primary N) is 1. The Morgan fingerprint density at radius 2 is 1.94 bits per heavy atom. The van der Waals surface area contributed by atoms with Crippen molar-refractivity contribution in [2.45, 2.75) is 18.6 Å². The second-order valence-electron chi connectivity index (χ2n) is 7.86. The SMILES string of the molecule is [C-]#[N+]c1ccc(-c2nc(C(=O)N3CC[C@@H](N)C3)c(C(F)(F)F)n2-c2ccc(OC)c(F)c2)cc1F. The minimum Gasteiger partial charge on any atom is -0.494 e. The van der Waals surface area contributed by atoms with Crippen molar-refractivity contribution in [1.29, 1.82) is 0 Å². The molecule has 1 aromatic heterocycles. The van der Waals surface area contributed by atoms with Crippen molar-refractivity contribution in [3.8, 4) is 22.8 Å². The molecule has 7 nitrogen and oxygen atoms in total. The molecular formula is C23H18F5N5O2. The molecule has 1 aliphatic heterocycles. The van der Waals surface area contributed by atoms with E-state index in [0.29, 0.717) is 11.0 Å². The summed E-state index contributed by atoms with van der Waals surface area (Å²) in [7, 11) is 1.20. The van der Waals surface area contributed by atoms with Crippen molar-refractivity contribution < 1.29 is 31.5 Å². The number of amides is 1. The summed E-state index contributed by atoms with van der Waals surface area (Å²) in [5.74, 6) is -3.61. The summed E-state index contributed by atoms with van der Waals surface area (Å²) in [4.78, 5) is 21.2.